The first-order valence-electron chi connectivity index (χ1n) is 5.54. The third kappa shape index (κ3) is 2.67. The number of nitrogens with two attached hydrogens (primary N) is 1. The molecule has 0 aromatic heterocycles. The molecule has 0 atom stereocenters. The van der Waals surface area contributed by atoms with Crippen LogP contribution >= 0.6 is 15.9 Å². The SMILES string of the molecule is N#C/C(=C(/N)c1c(F)cccc1Br)c1ccccc1. The van der Waals surface area contributed by atoms with Crippen LogP contribution < -0.4 is 5.73 Å². The zero-order chi connectivity index (χ0) is 13.8. The van der Waals surface area contributed by atoms with E-state index in [1.807, 2.05) is 12.1 Å². The third-order valence-electron chi connectivity index (χ3n) is 2.68. The maximum Gasteiger partial charge on any atom is 0.133 e. The highest BCUT2D eigenvalue weighted by atomic mass is 79.9. The Kier molecular flexibility index (Phi) is 3.98. The van der Waals surface area contributed by atoms with Crippen LogP contribution in [0.4, 0.5) is 4.39 Å². The highest BCUT2D eigenvalue weighted by molar-refractivity contribution is 9.10. The second-order valence-corrected chi connectivity index (χ2v) is 4.72. The van der Waals surface area contributed by atoms with Gasteiger partial charge in [-0.05, 0) is 33.6 Å². The summed E-state index contributed by atoms with van der Waals surface area (Å²) in [7, 11) is 0. The van der Waals surface area contributed by atoms with Gasteiger partial charge in [-0.1, -0.05) is 36.4 Å². The molecule has 0 saturated heterocycles. The number of allylic oxidation sites excluding steroid dienone is 1. The molecule has 2 N–H and O–H groups in total. The second-order valence-electron chi connectivity index (χ2n) is 3.86. The average Bonchev–Trinajstić information content (AvgIpc) is 2.40. The predicted molar refractivity (Wildman–Crippen MR) is 77.2 cm³/mol. The molecule has 0 aliphatic heterocycles. The predicted octanol–water partition coefficient (Wildman–Crippen LogP) is 3.94. The molecule has 0 amide bonds. The van der Waals surface area contributed by atoms with E-state index in [1.54, 1.807) is 36.4 Å². The summed E-state index contributed by atoms with van der Waals surface area (Å²) in [6.45, 7) is 0. The fraction of sp³-hybridized carbons (Fsp3) is 0. The molecule has 94 valence electrons. The van der Waals surface area contributed by atoms with Crippen molar-refractivity contribution < 1.29 is 4.39 Å². The first-order valence-corrected chi connectivity index (χ1v) is 6.34. The number of hydrogen-bond donors (Lipinski definition) is 1. The zero-order valence-electron chi connectivity index (χ0n) is 9.90. The molecule has 0 unspecified atom stereocenters. The summed E-state index contributed by atoms with van der Waals surface area (Å²) in [6.07, 6.45) is 0. The minimum absolute atomic E-state index is 0.124. The maximum absolute atomic E-state index is 13.9. The van der Waals surface area contributed by atoms with Crippen molar-refractivity contribution in [3.8, 4) is 6.07 Å². The summed E-state index contributed by atoms with van der Waals surface area (Å²) in [4.78, 5) is 0. The lowest BCUT2D eigenvalue weighted by atomic mass is 10.0. The highest BCUT2D eigenvalue weighted by Gasteiger charge is 2.14. The van der Waals surface area contributed by atoms with Crippen molar-refractivity contribution in [3.63, 3.8) is 0 Å². The normalized spacial score (nSPS) is 11.6. The fourth-order valence-corrected chi connectivity index (χ4v) is 2.32. The van der Waals surface area contributed by atoms with Gasteiger partial charge in [-0.25, -0.2) is 4.39 Å². The minimum Gasteiger partial charge on any atom is -0.397 e. The van der Waals surface area contributed by atoms with Crippen LogP contribution in [0.1, 0.15) is 11.1 Å². The van der Waals surface area contributed by atoms with E-state index in [0.29, 0.717) is 10.0 Å². The zero-order valence-corrected chi connectivity index (χ0v) is 11.5. The Labute approximate surface area is 119 Å². The van der Waals surface area contributed by atoms with Crippen LogP contribution in [0.25, 0.3) is 11.3 Å². The second kappa shape index (κ2) is 5.68. The highest BCUT2D eigenvalue weighted by Crippen LogP contribution is 2.29. The lowest BCUT2D eigenvalue weighted by molar-refractivity contribution is 0.623. The fourth-order valence-electron chi connectivity index (χ4n) is 1.77. The molecule has 2 aromatic rings. The molecule has 2 rings (SSSR count). The van der Waals surface area contributed by atoms with Crippen molar-refractivity contribution in [2.24, 2.45) is 5.73 Å². The molecule has 0 saturated carbocycles. The molecule has 2 aromatic carbocycles. The van der Waals surface area contributed by atoms with Gasteiger partial charge < -0.3 is 5.73 Å². The first-order chi connectivity index (χ1) is 9.15. The van der Waals surface area contributed by atoms with Crippen LogP contribution in [0.3, 0.4) is 0 Å². The molecule has 0 spiro atoms. The quantitative estimate of drug-likeness (QED) is 0.674. The van der Waals surface area contributed by atoms with E-state index >= 15 is 0 Å². The van der Waals surface area contributed by atoms with Crippen molar-refractivity contribution in [3.05, 3.63) is 69.9 Å². The molecule has 0 bridgehead atoms. The number of hydrogen-bond acceptors (Lipinski definition) is 2. The van der Waals surface area contributed by atoms with E-state index in [1.165, 1.54) is 6.07 Å². The van der Waals surface area contributed by atoms with Crippen LogP contribution in [0.2, 0.25) is 0 Å². The van der Waals surface area contributed by atoms with Crippen LogP contribution in [0.15, 0.2) is 53.0 Å². The summed E-state index contributed by atoms with van der Waals surface area (Å²) in [5, 5.41) is 9.27. The largest absolute Gasteiger partial charge is 0.397 e. The third-order valence-corrected chi connectivity index (χ3v) is 3.34. The molecule has 0 aliphatic carbocycles. The van der Waals surface area contributed by atoms with Gasteiger partial charge in [-0.3, -0.25) is 0 Å². The van der Waals surface area contributed by atoms with E-state index in [2.05, 4.69) is 15.9 Å². The Morgan fingerprint density at radius 3 is 2.37 bits per heavy atom. The van der Waals surface area contributed by atoms with Gasteiger partial charge in [0, 0.05) is 10.0 Å². The van der Waals surface area contributed by atoms with Gasteiger partial charge in [0.15, 0.2) is 0 Å². The van der Waals surface area contributed by atoms with E-state index in [9.17, 15) is 9.65 Å². The Hall–Kier alpha value is -2.12. The van der Waals surface area contributed by atoms with E-state index < -0.39 is 5.82 Å². The van der Waals surface area contributed by atoms with Gasteiger partial charge >= 0.3 is 0 Å². The first kappa shape index (κ1) is 13.3. The smallest absolute Gasteiger partial charge is 0.133 e. The lowest BCUT2D eigenvalue weighted by Gasteiger charge is -2.09. The number of nitrogens with zero attached hydrogens (tertiary/aromatic N) is 1. The summed E-state index contributed by atoms with van der Waals surface area (Å²) in [5.74, 6) is -0.462. The van der Waals surface area contributed by atoms with Crippen LogP contribution in [0, 0.1) is 17.1 Å². The molecule has 0 fully saturated rings. The van der Waals surface area contributed by atoms with E-state index in [0.717, 1.165) is 0 Å². The summed E-state index contributed by atoms with van der Waals surface area (Å²) < 4.78 is 14.4. The maximum atomic E-state index is 13.9. The molecule has 2 nitrogen and oxygen atoms in total. The Bertz CT molecular complexity index is 652. The molecule has 0 aliphatic rings. The van der Waals surface area contributed by atoms with Crippen molar-refractivity contribution >= 4 is 27.2 Å². The summed E-state index contributed by atoms with van der Waals surface area (Å²) in [5.41, 5.74) is 7.23. The van der Waals surface area contributed by atoms with Crippen LogP contribution in [0.5, 0.6) is 0 Å². The van der Waals surface area contributed by atoms with Gasteiger partial charge in [0.1, 0.15) is 11.9 Å². The minimum atomic E-state index is -0.462. The Morgan fingerprint density at radius 1 is 1.11 bits per heavy atom. The van der Waals surface area contributed by atoms with Crippen molar-refractivity contribution in [2.75, 3.05) is 0 Å². The molecule has 0 radical (unpaired) electrons. The number of rotatable bonds is 2. The lowest BCUT2D eigenvalue weighted by Crippen LogP contribution is -2.04. The van der Waals surface area contributed by atoms with Gasteiger partial charge in [0.05, 0.1) is 11.3 Å². The Balaban J connectivity index is 2.67. The number of benzene rings is 2. The molecule has 0 heterocycles. The number of halogens is 2. The van der Waals surface area contributed by atoms with Crippen LogP contribution in [-0.2, 0) is 0 Å². The van der Waals surface area contributed by atoms with Crippen LogP contribution in [-0.4, -0.2) is 0 Å². The molecule has 19 heavy (non-hydrogen) atoms. The molecule has 4 heteroatoms. The molecular formula is C15H10BrFN2. The van der Waals surface area contributed by atoms with Gasteiger partial charge in [0.25, 0.3) is 0 Å². The molecular weight excluding hydrogens is 307 g/mol. The average molecular weight is 317 g/mol. The number of nitriles is 1. The van der Waals surface area contributed by atoms with Crippen molar-refractivity contribution in [1.29, 1.82) is 5.26 Å². The summed E-state index contributed by atoms with van der Waals surface area (Å²) in [6, 6.07) is 15.6. The summed E-state index contributed by atoms with van der Waals surface area (Å²) >= 11 is 3.25. The van der Waals surface area contributed by atoms with Crippen molar-refractivity contribution in [1.82, 2.24) is 0 Å². The van der Waals surface area contributed by atoms with Gasteiger partial charge in [-0.2, -0.15) is 5.26 Å². The van der Waals surface area contributed by atoms with Gasteiger partial charge in [-0.15, -0.1) is 0 Å². The van der Waals surface area contributed by atoms with Crippen molar-refractivity contribution in [2.45, 2.75) is 0 Å². The standard InChI is InChI=1S/C15H10BrFN2/c16-12-7-4-8-13(17)14(12)15(19)11(9-18)10-5-2-1-3-6-10/h1-8H,19H2/b15-11-. The topological polar surface area (TPSA) is 49.8 Å². The van der Waals surface area contributed by atoms with E-state index in [4.69, 9.17) is 5.73 Å². The van der Waals surface area contributed by atoms with E-state index in [-0.39, 0.29) is 16.8 Å². The Morgan fingerprint density at radius 2 is 1.79 bits per heavy atom. The monoisotopic (exact) mass is 316 g/mol. The van der Waals surface area contributed by atoms with Gasteiger partial charge in [0.2, 0.25) is 0 Å².